The van der Waals surface area contributed by atoms with Crippen LogP contribution in [0.2, 0.25) is 0 Å². The quantitative estimate of drug-likeness (QED) is 0.432. The van der Waals surface area contributed by atoms with Crippen molar-refractivity contribution in [3.05, 3.63) is 58.5 Å². The minimum atomic E-state index is -0.966. The molecule has 3 aliphatic heterocycles. The summed E-state index contributed by atoms with van der Waals surface area (Å²) in [5, 5.41) is 13.6. The largest absolute Gasteiger partial charge is 0.480 e. The van der Waals surface area contributed by atoms with Gasteiger partial charge in [0.15, 0.2) is 0 Å². The average Bonchev–Trinajstić information content (AvgIpc) is 3.57. The molecule has 2 fully saturated rings. The number of halogens is 1. The molecule has 1 aromatic carbocycles. The Morgan fingerprint density at radius 2 is 2.16 bits per heavy atom. The fourth-order valence-corrected chi connectivity index (χ4v) is 5.84. The van der Waals surface area contributed by atoms with Crippen molar-refractivity contribution < 1.29 is 23.8 Å². The summed E-state index contributed by atoms with van der Waals surface area (Å²) in [6.07, 6.45) is 7.39. The Labute approximate surface area is 218 Å². The number of fused-ring (bicyclic) bond motifs is 1. The molecule has 2 N–H and O–H groups in total. The smallest absolute Gasteiger partial charge is 0.325 e. The third-order valence-corrected chi connectivity index (χ3v) is 7.84. The van der Waals surface area contributed by atoms with Crippen molar-refractivity contribution in [2.75, 3.05) is 31.6 Å². The van der Waals surface area contributed by atoms with Gasteiger partial charge < -0.3 is 19.9 Å². The van der Waals surface area contributed by atoms with Crippen LogP contribution < -0.4 is 5.32 Å². The molecule has 0 radical (unpaired) electrons. The first-order chi connectivity index (χ1) is 18.0. The van der Waals surface area contributed by atoms with Crippen LogP contribution in [0.4, 0.5) is 10.2 Å². The summed E-state index contributed by atoms with van der Waals surface area (Å²) in [7, 11) is 0. The molecule has 4 atom stereocenters. The Kier molecular flexibility index (Phi) is 8.37. The molecule has 0 amide bonds. The second-order valence-electron chi connectivity index (χ2n) is 10.6. The van der Waals surface area contributed by atoms with Crippen LogP contribution in [0.5, 0.6) is 0 Å². The second-order valence-corrected chi connectivity index (χ2v) is 10.6. The summed E-state index contributed by atoms with van der Waals surface area (Å²) < 4.78 is 26.1. The number of aromatic nitrogens is 1. The number of carbonyl (C=O) groups is 1. The number of nitrogens with one attached hydrogen (secondary N) is 1. The normalized spacial score (nSPS) is 24.5. The standard InChI is InChI=1S/C29H38FN3O4/c1-19-7-8-20-9-11-22(32-28(20)31-19)5-2-3-15-36-23-13-14-33(18-23)27(29(34)35)25-17-21(30)10-12-24(25)26-6-4-16-37-26/h9-12,17,19,23,26-27H,2-8,13-16,18H2,1H3,(H,31,32)(H,34,35)/t19?,23-,26?,27?/m1/s1. The molecule has 2 aromatic rings. The third-order valence-electron chi connectivity index (χ3n) is 7.84. The number of likely N-dealkylation sites (tertiary alicyclic amines) is 1. The second kappa shape index (κ2) is 11.9. The molecule has 5 rings (SSSR count). The fourth-order valence-electron chi connectivity index (χ4n) is 5.84. The molecule has 37 heavy (non-hydrogen) atoms. The van der Waals surface area contributed by atoms with Crippen molar-refractivity contribution in [2.45, 2.75) is 82.6 Å². The van der Waals surface area contributed by atoms with Gasteiger partial charge in [-0.2, -0.15) is 0 Å². The molecule has 0 aliphatic carbocycles. The van der Waals surface area contributed by atoms with Crippen molar-refractivity contribution in [1.29, 1.82) is 0 Å². The SMILES string of the molecule is CC1CCc2ccc(CCCCO[C@@H]3CCN(C(C(=O)O)c4cc(F)ccc4C4CCCO4)C3)nc2N1. The van der Waals surface area contributed by atoms with E-state index in [1.54, 1.807) is 6.07 Å². The number of ether oxygens (including phenoxy) is 2. The van der Waals surface area contributed by atoms with E-state index >= 15 is 0 Å². The summed E-state index contributed by atoms with van der Waals surface area (Å²) in [4.78, 5) is 19.1. The molecule has 1 aromatic heterocycles. The Morgan fingerprint density at radius 3 is 2.97 bits per heavy atom. The number of hydrogen-bond donors (Lipinski definition) is 2. The van der Waals surface area contributed by atoms with Gasteiger partial charge >= 0.3 is 5.97 Å². The minimum Gasteiger partial charge on any atom is -0.480 e. The van der Waals surface area contributed by atoms with E-state index in [4.69, 9.17) is 14.5 Å². The highest BCUT2D eigenvalue weighted by atomic mass is 19.1. The third kappa shape index (κ3) is 6.30. The van der Waals surface area contributed by atoms with Crippen molar-refractivity contribution in [2.24, 2.45) is 0 Å². The molecular formula is C29H38FN3O4. The van der Waals surface area contributed by atoms with Gasteiger partial charge in [-0.3, -0.25) is 9.69 Å². The molecule has 4 heterocycles. The van der Waals surface area contributed by atoms with Crippen molar-refractivity contribution in [3.8, 4) is 0 Å². The summed E-state index contributed by atoms with van der Waals surface area (Å²) in [5.74, 6) is -0.354. The van der Waals surface area contributed by atoms with E-state index in [9.17, 15) is 14.3 Å². The van der Waals surface area contributed by atoms with Crippen LogP contribution in [-0.2, 0) is 27.1 Å². The number of carboxylic acid groups (broad SMARTS) is 1. The zero-order valence-corrected chi connectivity index (χ0v) is 21.6. The number of anilines is 1. The lowest BCUT2D eigenvalue weighted by Crippen LogP contribution is -2.34. The van der Waals surface area contributed by atoms with Crippen LogP contribution in [0, 0.1) is 5.82 Å². The van der Waals surface area contributed by atoms with Gasteiger partial charge in [0, 0.05) is 38.0 Å². The zero-order valence-electron chi connectivity index (χ0n) is 21.6. The Hall–Kier alpha value is -2.55. The summed E-state index contributed by atoms with van der Waals surface area (Å²) >= 11 is 0. The molecule has 7 nitrogen and oxygen atoms in total. The van der Waals surface area contributed by atoms with E-state index in [-0.39, 0.29) is 12.2 Å². The Balaban J connectivity index is 1.12. The molecule has 8 heteroatoms. The number of carboxylic acids is 1. The molecule has 0 bridgehead atoms. The zero-order chi connectivity index (χ0) is 25.8. The average molecular weight is 512 g/mol. The summed E-state index contributed by atoms with van der Waals surface area (Å²) in [6.45, 7) is 4.61. The predicted octanol–water partition coefficient (Wildman–Crippen LogP) is 5.06. The van der Waals surface area contributed by atoms with Crippen LogP contribution in [-0.4, -0.2) is 59.4 Å². The van der Waals surface area contributed by atoms with Crippen LogP contribution in [0.25, 0.3) is 0 Å². The molecule has 3 aliphatic rings. The van der Waals surface area contributed by atoms with Gasteiger partial charge in [-0.15, -0.1) is 0 Å². The maximum absolute atomic E-state index is 14.2. The molecule has 3 unspecified atom stereocenters. The van der Waals surface area contributed by atoms with E-state index in [1.807, 2.05) is 4.90 Å². The Morgan fingerprint density at radius 1 is 1.27 bits per heavy atom. The van der Waals surface area contributed by atoms with E-state index in [0.717, 1.165) is 68.4 Å². The number of unbranched alkanes of at least 4 members (excludes halogenated alkanes) is 1. The molecular weight excluding hydrogens is 473 g/mol. The molecule has 200 valence electrons. The first-order valence-corrected chi connectivity index (χ1v) is 13.7. The fraction of sp³-hybridized carbons (Fsp3) is 0.586. The van der Waals surface area contributed by atoms with Crippen molar-refractivity contribution >= 4 is 11.8 Å². The van der Waals surface area contributed by atoms with Crippen molar-refractivity contribution in [3.63, 3.8) is 0 Å². The van der Waals surface area contributed by atoms with Gasteiger partial charge in [0.2, 0.25) is 0 Å². The van der Waals surface area contributed by atoms with Gasteiger partial charge in [0.05, 0.1) is 12.2 Å². The number of rotatable bonds is 10. The monoisotopic (exact) mass is 511 g/mol. The van der Waals surface area contributed by atoms with Crippen LogP contribution in [0.3, 0.4) is 0 Å². The van der Waals surface area contributed by atoms with Gasteiger partial charge in [-0.1, -0.05) is 12.1 Å². The highest BCUT2D eigenvalue weighted by molar-refractivity contribution is 5.76. The lowest BCUT2D eigenvalue weighted by molar-refractivity contribution is -0.143. The summed E-state index contributed by atoms with van der Waals surface area (Å²) in [5.41, 5.74) is 3.70. The maximum Gasteiger partial charge on any atom is 0.325 e. The topological polar surface area (TPSA) is 83.9 Å². The van der Waals surface area contributed by atoms with E-state index in [0.29, 0.717) is 37.9 Å². The van der Waals surface area contributed by atoms with Crippen molar-refractivity contribution in [1.82, 2.24) is 9.88 Å². The van der Waals surface area contributed by atoms with Crippen LogP contribution in [0.1, 0.15) is 80.0 Å². The first kappa shape index (κ1) is 26.1. The van der Waals surface area contributed by atoms with Gasteiger partial charge in [0.25, 0.3) is 0 Å². The van der Waals surface area contributed by atoms with Gasteiger partial charge in [0.1, 0.15) is 17.7 Å². The predicted molar refractivity (Wildman–Crippen MR) is 139 cm³/mol. The number of nitrogens with zero attached hydrogens (tertiary/aromatic N) is 2. The number of benzene rings is 1. The molecule has 0 spiro atoms. The molecule has 0 saturated carbocycles. The highest BCUT2D eigenvalue weighted by Crippen LogP contribution is 2.37. The first-order valence-electron chi connectivity index (χ1n) is 13.7. The lowest BCUT2D eigenvalue weighted by atomic mass is 9.94. The number of hydrogen-bond acceptors (Lipinski definition) is 6. The van der Waals surface area contributed by atoms with E-state index < -0.39 is 17.8 Å². The lowest BCUT2D eigenvalue weighted by Gasteiger charge is -2.28. The van der Waals surface area contributed by atoms with E-state index in [1.165, 1.54) is 17.7 Å². The van der Waals surface area contributed by atoms with Gasteiger partial charge in [-0.25, -0.2) is 9.37 Å². The van der Waals surface area contributed by atoms with E-state index in [2.05, 4.69) is 24.4 Å². The van der Waals surface area contributed by atoms with Crippen LogP contribution in [0.15, 0.2) is 30.3 Å². The minimum absolute atomic E-state index is 0.0193. The molecule has 2 saturated heterocycles. The summed E-state index contributed by atoms with van der Waals surface area (Å²) in [6, 6.07) is 8.35. The number of aryl methyl sites for hydroxylation is 2. The van der Waals surface area contributed by atoms with Crippen LogP contribution >= 0.6 is 0 Å². The number of aliphatic carboxylic acids is 1. The van der Waals surface area contributed by atoms with Gasteiger partial charge in [-0.05, 0) is 93.2 Å². The number of pyridine rings is 1. The highest BCUT2D eigenvalue weighted by Gasteiger charge is 2.37. The maximum atomic E-state index is 14.2. The Bertz CT molecular complexity index is 1090.